The first-order valence-electron chi connectivity index (χ1n) is 5.62. The SMILES string of the molecule is NC(=NCCc1ccc(Cl)s1)N1CCSCC1. The highest BCUT2D eigenvalue weighted by molar-refractivity contribution is 7.99. The van der Waals surface area contributed by atoms with Crippen molar-refractivity contribution in [2.45, 2.75) is 6.42 Å². The summed E-state index contributed by atoms with van der Waals surface area (Å²) in [6.45, 7) is 2.78. The van der Waals surface area contributed by atoms with E-state index in [4.69, 9.17) is 17.3 Å². The van der Waals surface area contributed by atoms with Gasteiger partial charge < -0.3 is 10.6 Å². The minimum Gasteiger partial charge on any atom is -0.370 e. The Labute approximate surface area is 115 Å². The lowest BCUT2D eigenvalue weighted by Gasteiger charge is -2.27. The molecule has 1 aliphatic heterocycles. The van der Waals surface area contributed by atoms with Crippen LogP contribution in [0.3, 0.4) is 0 Å². The van der Waals surface area contributed by atoms with Crippen LogP contribution in [0.2, 0.25) is 4.34 Å². The molecule has 2 N–H and O–H groups in total. The van der Waals surface area contributed by atoms with Gasteiger partial charge >= 0.3 is 0 Å². The standard InChI is InChI=1S/C11H16ClN3S2/c12-10-2-1-9(17-10)3-4-14-11(13)15-5-7-16-8-6-15/h1-2H,3-8H2,(H2,13,14). The van der Waals surface area contributed by atoms with Gasteiger partial charge in [-0.2, -0.15) is 11.8 Å². The van der Waals surface area contributed by atoms with Gasteiger partial charge in [0.15, 0.2) is 5.96 Å². The molecule has 1 aromatic heterocycles. The smallest absolute Gasteiger partial charge is 0.191 e. The van der Waals surface area contributed by atoms with Gasteiger partial charge in [0.1, 0.15) is 0 Å². The number of guanidine groups is 1. The van der Waals surface area contributed by atoms with Crippen LogP contribution >= 0.6 is 34.7 Å². The summed E-state index contributed by atoms with van der Waals surface area (Å²) < 4.78 is 0.838. The van der Waals surface area contributed by atoms with Crippen molar-refractivity contribution >= 4 is 40.7 Å². The molecule has 0 unspecified atom stereocenters. The van der Waals surface area contributed by atoms with E-state index in [2.05, 4.69) is 16.0 Å². The predicted molar refractivity (Wildman–Crippen MR) is 78.4 cm³/mol. The maximum atomic E-state index is 5.96. The van der Waals surface area contributed by atoms with Gasteiger partial charge in [0.05, 0.1) is 4.34 Å². The Hall–Kier alpha value is -0.390. The average Bonchev–Trinajstić information content (AvgIpc) is 2.76. The van der Waals surface area contributed by atoms with E-state index in [0.717, 1.165) is 41.9 Å². The minimum atomic E-state index is 0.688. The zero-order valence-electron chi connectivity index (χ0n) is 9.56. The summed E-state index contributed by atoms with van der Waals surface area (Å²) in [5.41, 5.74) is 5.96. The molecule has 3 nitrogen and oxygen atoms in total. The van der Waals surface area contributed by atoms with Crippen molar-refractivity contribution in [3.05, 3.63) is 21.3 Å². The van der Waals surface area contributed by atoms with Crippen molar-refractivity contribution < 1.29 is 0 Å². The fourth-order valence-electron chi connectivity index (χ4n) is 1.66. The van der Waals surface area contributed by atoms with E-state index in [9.17, 15) is 0 Å². The van der Waals surface area contributed by atoms with Gasteiger partial charge in [-0.1, -0.05) is 11.6 Å². The third-order valence-corrected chi connectivity index (χ3v) is 4.83. The van der Waals surface area contributed by atoms with E-state index >= 15 is 0 Å². The summed E-state index contributed by atoms with van der Waals surface area (Å²) in [4.78, 5) is 7.86. The molecule has 0 spiro atoms. The summed E-state index contributed by atoms with van der Waals surface area (Å²) in [6, 6.07) is 3.98. The second-order valence-electron chi connectivity index (χ2n) is 3.80. The summed E-state index contributed by atoms with van der Waals surface area (Å²) in [7, 11) is 0. The monoisotopic (exact) mass is 289 g/mol. The van der Waals surface area contributed by atoms with Gasteiger partial charge in [-0.3, -0.25) is 4.99 Å². The molecule has 2 rings (SSSR count). The molecule has 6 heteroatoms. The molecule has 0 atom stereocenters. The van der Waals surface area contributed by atoms with Crippen LogP contribution in [0.1, 0.15) is 4.88 Å². The normalized spacial score (nSPS) is 17.5. The first-order valence-corrected chi connectivity index (χ1v) is 7.97. The zero-order chi connectivity index (χ0) is 12.1. The highest BCUT2D eigenvalue weighted by atomic mass is 35.5. The van der Waals surface area contributed by atoms with E-state index in [0.29, 0.717) is 5.96 Å². The Bertz CT molecular complexity index is 386. The Morgan fingerprint density at radius 1 is 1.41 bits per heavy atom. The molecule has 1 aromatic rings. The molecule has 94 valence electrons. The fraction of sp³-hybridized carbons (Fsp3) is 0.545. The molecule has 0 saturated carbocycles. The average molecular weight is 290 g/mol. The second-order valence-corrected chi connectivity index (χ2v) is 6.82. The summed E-state index contributed by atoms with van der Waals surface area (Å²) in [5.74, 6) is 2.99. The van der Waals surface area contributed by atoms with Gasteiger partial charge in [0, 0.05) is 42.4 Å². The first kappa shape index (κ1) is 13.1. The quantitative estimate of drug-likeness (QED) is 0.686. The van der Waals surface area contributed by atoms with Crippen molar-refractivity contribution in [3.8, 4) is 0 Å². The Morgan fingerprint density at radius 2 is 2.18 bits per heavy atom. The lowest BCUT2D eigenvalue weighted by Crippen LogP contribution is -2.42. The van der Waals surface area contributed by atoms with Crippen LogP contribution < -0.4 is 5.73 Å². The molecular formula is C11H16ClN3S2. The molecule has 0 bridgehead atoms. The largest absolute Gasteiger partial charge is 0.370 e. The molecular weight excluding hydrogens is 274 g/mol. The first-order chi connectivity index (χ1) is 8.25. The van der Waals surface area contributed by atoms with E-state index in [-0.39, 0.29) is 0 Å². The molecule has 0 aliphatic carbocycles. The van der Waals surface area contributed by atoms with E-state index < -0.39 is 0 Å². The molecule has 17 heavy (non-hydrogen) atoms. The number of thioether (sulfide) groups is 1. The molecule has 0 aromatic carbocycles. The van der Waals surface area contributed by atoms with Crippen molar-refractivity contribution in [3.63, 3.8) is 0 Å². The van der Waals surface area contributed by atoms with Gasteiger partial charge in [0.25, 0.3) is 0 Å². The Balaban J connectivity index is 1.79. The third-order valence-electron chi connectivity index (χ3n) is 2.60. The third kappa shape index (κ3) is 4.08. The van der Waals surface area contributed by atoms with E-state index in [1.165, 1.54) is 4.88 Å². The van der Waals surface area contributed by atoms with E-state index in [1.807, 2.05) is 17.8 Å². The topological polar surface area (TPSA) is 41.6 Å². The van der Waals surface area contributed by atoms with Crippen LogP contribution in [0.25, 0.3) is 0 Å². The molecule has 1 fully saturated rings. The Morgan fingerprint density at radius 3 is 2.82 bits per heavy atom. The summed E-state index contributed by atoms with van der Waals surface area (Å²) in [6.07, 6.45) is 0.917. The van der Waals surface area contributed by atoms with Crippen molar-refractivity contribution in [2.75, 3.05) is 31.1 Å². The maximum Gasteiger partial charge on any atom is 0.191 e. The number of hydrogen-bond acceptors (Lipinski definition) is 3. The van der Waals surface area contributed by atoms with Gasteiger partial charge in [0.2, 0.25) is 0 Å². The van der Waals surface area contributed by atoms with Crippen LogP contribution in [-0.4, -0.2) is 42.0 Å². The van der Waals surface area contributed by atoms with Gasteiger partial charge in [-0.05, 0) is 12.1 Å². The lowest BCUT2D eigenvalue weighted by atomic mass is 10.3. The number of thiophene rings is 1. The number of rotatable bonds is 3. The van der Waals surface area contributed by atoms with Crippen LogP contribution in [-0.2, 0) is 6.42 Å². The lowest BCUT2D eigenvalue weighted by molar-refractivity contribution is 0.456. The molecule has 1 aliphatic rings. The van der Waals surface area contributed by atoms with Crippen LogP contribution in [0.15, 0.2) is 17.1 Å². The van der Waals surface area contributed by atoms with Crippen molar-refractivity contribution in [1.29, 1.82) is 0 Å². The van der Waals surface area contributed by atoms with Crippen molar-refractivity contribution in [1.82, 2.24) is 4.90 Å². The predicted octanol–water partition coefficient (Wildman–Crippen LogP) is 2.31. The Kier molecular flexibility index (Phi) is 5.00. The number of hydrogen-bond donors (Lipinski definition) is 1. The molecule has 2 heterocycles. The minimum absolute atomic E-state index is 0.688. The van der Waals surface area contributed by atoms with Gasteiger partial charge in [-0.25, -0.2) is 0 Å². The molecule has 1 saturated heterocycles. The number of nitrogens with two attached hydrogens (primary N) is 1. The maximum absolute atomic E-state index is 5.96. The van der Waals surface area contributed by atoms with Crippen LogP contribution in [0.4, 0.5) is 0 Å². The van der Waals surface area contributed by atoms with E-state index in [1.54, 1.807) is 11.3 Å². The van der Waals surface area contributed by atoms with Gasteiger partial charge in [-0.15, -0.1) is 11.3 Å². The number of halogens is 1. The number of nitrogens with zero attached hydrogens (tertiary/aromatic N) is 2. The highest BCUT2D eigenvalue weighted by Crippen LogP contribution is 2.21. The van der Waals surface area contributed by atoms with Crippen LogP contribution in [0, 0.1) is 0 Å². The zero-order valence-corrected chi connectivity index (χ0v) is 12.0. The van der Waals surface area contributed by atoms with Crippen molar-refractivity contribution in [2.24, 2.45) is 10.7 Å². The van der Waals surface area contributed by atoms with Crippen LogP contribution in [0.5, 0.6) is 0 Å². The highest BCUT2D eigenvalue weighted by Gasteiger charge is 2.11. The molecule has 0 radical (unpaired) electrons. The fourth-order valence-corrected chi connectivity index (χ4v) is 3.64. The molecule has 0 amide bonds. The second kappa shape index (κ2) is 6.52. The summed E-state index contributed by atoms with van der Waals surface area (Å²) in [5, 5.41) is 0. The number of aliphatic imine (C=N–C) groups is 1. The summed E-state index contributed by atoms with van der Waals surface area (Å²) >= 11 is 9.46.